The maximum absolute atomic E-state index is 6.03. The summed E-state index contributed by atoms with van der Waals surface area (Å²) in [6.07, 6.45) is 6.48. The van der Waals surface area contributed by atoms with Crippen LogP contribution in [-0.4, -0.2) is 26.7 Å². The van der Waals surface area contributed by atoms with Gasteiger partial charge in [-0.3, -0.25) is 4.99 Å². The van der Waals surface area contributed by atoms with Crippen molar-refractivity contribution in [3.05, 3.63) is 18.2 Å². The van der Waals surface area contributed by atoms with Crippen molar-refractivity contribution in [2.45, 2.75) is 39.0 Å². The normalized spacial score (nSPS) is 20.9. The second kappa shape index (κ2) is 10.6. The number of methoxy groups -OCH3 is 2. The number of hydrogen-bond acceptors (Lipinski definition) is 3. The van der Waals surface area contributed by atoms with Crippen molar-refractivity contribution in [2.75, 3.05) is 26.1 Å². The summed E-state index contributed by atoms with van der Waals surface area (Å²) in [5.41, 5.74) is 6.80. The fourth-order valence-corrected chi connectivity index (χ4v) is 3.14. The third kappa shape index (κ3) is 6.03. The molecule has 24 heavy (non-hydrogen) atoms. The maximum atomic E-state index is 6.03. The molecule has 136 valence electrons. The molecule has 0 bridgehead atoms. The zero-order valence-corrected chi connectivity index (χ0v) is 17.2. The molecule has 1 fully saturated rings. The second-order valence-electron chi connectivity index (χ2n) is 6.21. The lowest BCUT2D eigenvalue weighted by atomic mass is 9.81. The highest BCUT2D eigenvalue weighted by Gasteiger charge is 2.19. The number of hydrogen-bond donors (Lipinski definition) is 2. The van der Waals surface area contributed by atoms with Crippen molar-refractivity contribution >= 4 is 35.6 Å². The minimum atomic E-state index is 0. The van der Waals surface area contributed by atoms with Crippen LogP contribution in [0, 0.1) is 11.8 Å². The third-order valence-electron chi connectivity index (χ3n) is 4.73. The van der Waals surface area contributed by atoms with Gasteiger partial charge in [-0.15, -0.1) is 24.0 Å². The summed E-state index contributed by atoms with van der Waals surface area (Å²) in [4.78, 5) is 4.51. The van der Waals surface area contributed by atoms with Gasteiger partial charge in [0.05, 0.1) is 19.9 Å². The van der Waals surface area contributed by atoms with E-state index in [-0.39, 0.29) is 24.0 Å². The summed E-state index contributed by atoms with van der Waals surface area (Å²) >= 11 is 0. The number of anilines is 1. The Balaban J connectivity index is 0.00000288. The lowest BCUT2D eigenvalue weighted by molar-refractivity contribution is 0.274. The van der Waals surface area contributed by atoms with Gasteiger partial charge in [0.15, 0.2) is 5.96 Å². The molecule has 0 amide bonds. The average Bonchev–Trinajstić information content (AvgIpc) is 2.60. The van der Waals surface area contributed by atoms with Crippen LogP contribution in [-0.2, 0) is 0 Å². The molecular formula is C18H30IN3O2. The van der Waals surface area contributed by atoms with Crippen molar-refractivity contribution in [3.8, 4) is 11.5 Å². The molecule has 0 aliphatic heterocycles. The number of aliphatic imine (C=N–C) groups is 1. The minimum absolute atomic E-state index is 0. The van der Waals surface area contributed by atoms with Gasteiger partial charge in [-0.05, 0) is 36.8 Å². The van der Waals surface area contributed by atoms with Crippen LogP contribution in [0.5, 0.6) is 11.5 Å². The predicted molar refractivity (Wildman–Crippen MR) is 111 cm³/mol. The Bertz CT molecular complexity index is 529. The zero-order chi connectivity index (χ0) is 16.7. The van der Waals surface area contributed by atoms with E-state index in [0.29, 0.717) is 17.6 Å². The molecule has 1 aliphatic rings. The highest BCUT2D eigenvalue weighted by molar-refractivity contribution is 14.0. The van der Waals surface area contributed by atoms with Crippen molar-refractivity contribution in [1.82, 2.24) is 0 Å². The molecule has 5 nitrogen and oxygen atoms in total. The number of rotatable bonds is 6. The smallest absolute Gasteiger partial charge is 0.193 e. The average molecular weight is 447 g/mol. The molecule has 6 heteroatoms. The van der Waals surface area contributed by atoms with Gasteiger partial charge < -0.3 is 20.5 Å². The number of nitrogens with two attached hydrogens (primary N) is 1. The standard InChI is InChI=1S/C18H29N3O2.HI/c1-4-13-5-7-14(8-6-13)12-20-18(19)21-16-11-15(22-2)9-10-17(16)23-3;/h9-11,13-14H,4-8,12H2,1-3H3,(H3,19,20,21);1H. The molecular weight excluding hydrogens is 417 g/mol. The van der Waals surface area contributed by atoms with Crippen LogP contribution in [0.15, 0.2) is 23.2 Å². The topological polar surface area (TPSA) is 68.9 Å². The van der Waals surface area contributed by atoms with E-state index in [2.05, 4.69) is 17.2 Å². The largest absolute Gasteiger partial charge is 0.497 e. The molecule has 1 saturated carbocycles. The number of guanidine groups is 1. The van der Waals surface area contributed by atoms with Crippen molar-refractivity contribution in [3.63, 3.8) is 0 Å². The Labute approximate surface area is 162 Å². The highest BCUT2D eigenvalue weighted by Crippen LogP contribution is 2.31. The minimum Gasteiger partial charge on any atom is -0.497 e. The predicted octanol–water partition coefficient (Wildman–Crippen LogP) is 4.26. The Morgan fingerprint density at radius 1 is 1.17 bits per heavy atom. The van der Waals surface area contributed by atoms with E-state index >= 15 is 0 Å². The van der Waals surface area contributed by atoms with Crippen LogP contribution in [0.4, 0.5) is 5.69 Å². The first-order valence-corrected chi connectivity index (χ1v) is 8.45. The lowest BCUT2D eigenvalue weighted by Gasteiger charge is -2.26. The number of halogens is 1. The molecule has 1 aromatic carbocycles. The van der Waals surface area contributed by atoms with Crippen LogP contribution >= 0.6 is 24.0 Å². The Kier molecular flexibility index (Phi) is 9.25. The van der Waals surface area contributed by atoms with E-state index < -0.39 is 0 Å². The zero-order valence-electron chi connectivity index (χ0n) is 14.9. The van der Waals surface area contributed by atoms with Crippen LogP contribution in [0.2, 0.25) is 0 Å². The quantitative estimate of drug-likeness (QED) is 0.389. The monoisotopic (exact) mass is 447 g/mol. The van der Waals surface area contributed by atoms with E-state index in [4.69, 9.17) is 15.2 Å². The number of benzene rings is 1. The van der Waals surface area contributed by atoms with Gasteiger partial charge in [0.25, 0.3) is 0 Å². The van der Waals surface area contributed by atoms with Crippen LogP contribution < -0.4 is 20.5 Å². The van der Waals surface area contributed by atoms with Crippen molar-refractivity contribution in [2.24, 2.45) is 22.6 Å². The molecule has 1 aromatic rings. The fourth-order valence-electron chi connectivity index (χ4n) is 3.14. The van der Waals surface area contributed by atoms with E-state index in [1.54, 1.807) is 14.2 Å². The summed E-state index contributed by atoms with van der Waals surface area (Å²) in [5, 5.41) is 3.12. The van der Waals surface area contributed by atoms with Gasteiger partial charge in [-0.2, -0.15) is 0 Å². The molecule has 0 heterocycles. The van der Waals surface area contributed by atoms with Gasteiger partial charge in [0.1, 0.15) is 11.5 Å². The Morgan fingerprint density at radius 3 is 2.42 bits per heavy atom. The van der Waals surface area contributed by atoms with Gasteiger partial charge in [0, 0.05) is 12.6 Å². The first kappa shape index (κ1) is 20.9. The second-order valence-corrected chi connectivity index (χ2v) is 6.21. The maximum Gasteiger partial charge on any atom is 0.193 e. The summed E-state index contributed by atoms with van der Waals surface area (Å²) in [6, 6.07) is 5.55. The first-order chi connectivity index (χ1) is 11.2. The van der Waals surface area contributed by atoms with E-state index in [9.17, 15) is 0 Å². The van der Waals surface area contributed by atoms with Crippen LogP contribution in [0.3, 0.4) is 0 Å². The fraction of sp³-hybridized carbons (Fsp3) is 0.611. The molecule has 2 rings (SSSR count). The molecule has 0 unspecified atom stereocenters. The molecule has 0 radical (unpaired) electrons. The van der Waals surface area contributed by atoms with Crippen LogP contribution in [0.25, 0.3) is 0 Å². The SMILES string of the molecule is CCC1CCC(CN=C(N)Nc2cc(OC)ccc2OC)CC1.I. The van der Waals surface area contributed by atoms with Crippen LogP contribution in [0.1, 0.15) is 39.0 Å². The van der Waals surface area contributed by atoms with Gasteiger partial charge >= 0.3 is 0 Å². The van der Waals surface area contributed by atoms with E-state index in [0.717, 1.165) is 23.9 Å². The number of nitrogens with one attached hydrogen (secondary N) is 1. The first-order valence-electron chi connectivity index (χ1n) is 8.45. The molecule has 0 atom stereocenters. The summed E-state index contributed by atoms with van der Waals surface area (Å²) < 4.78 is 10.6. The number of ether oxygens (including phenoxy) is 2. The summed E-state index contributed by atoms with van der Waals surface area (Å²) in [5.74, 6) is 3.46. The molecule has 1 aliphatic carbocycles. The molecule has 0 aromatic heterocycles. The van der Waals surface area contributed by atoms with Gasteiger partial charge in [0.2, 0.25) is 0 Å². The lowest BCUT2D eigenvalue weighted by Crippen LogP contribution is -2.25. The van der Waals surface area contributed by atoms with Gasteiger partial charge in [-0.25, -0.2) is 0 Å². The van der Waals surface area contributed by atoms with E-state index in [1.807, 2.05) is 18.2 Å². The number of nitrogens with zero attached hydrogens (tertiary/aromatic N) is 1. The molecule has 0 spiro atoms. The summed E-state index contributed by atoms with van der Waals surface area (Å²) in [6.45, 7) is 3.08. The third-order valence-corrected chi connectivity index (χ3v) is 4.73. The Hall–Kier alpha value is -1.18. The summed E-state index contributed by atoms with van der Waals surface area (Å²) in [7, 11) is 3.27. The van der Waals surface area contributed by atoms with E-state index in [1.165, 1.54) is 32.1 Å². The molecule has 3 N–H and O–H groups in total. The van der Waals surface area contributed by atoms with Crippen molar-refractivity contribution in [1.29, 1.82) is 0 Å². The van der Waals surface area contributed by atoms with Crippen molar-refractivity contribution < 1.29 is 9.47 Å². The molecule has 0 saturated heterocycles. The van der Waals surface area contributed by atoms with Gasteiger partial charge in [-0.1, -0.05) is 26.2 Å². The highest BCUT2D eigenvalue weighted by atomic mass is 127. The Morgan fingerprint density at radius 2 is 1.83 bits per heavy atom.